The molecule has 0 saturated carbocycles. The smallest absolute Gasteiger partial charge is 0.0633 e. The average Bonchev–Trinajstić information content (AvgIpc) is 1.86. The Balaban J connectivity index is 3.44. The highest BCUT2D eigenvalue weighted by molar-refractivity contribution is 4.76. The molecule has 68 valence electrons. The van der Waals surface area contributed by atoms with Gasteiger partial charge < -0.3 is 11.5 Å². The topological polar surface area (TPSA) is 52.0 Å². The molecular weight excluding hydrogens is 136 g/mol. The molecule has 11 heavy (non-hydrogen) atoms. The molecule has 0 amide bonds. The van der Waals surface area contributed by atoms with Crippen LogP contribution in [0.4, 0.5) is 0 Å². The fraction of sp³-hybridized carbons (Fsp3) is 1.00. The highest BCUT2D eigenvalue weighted by atomic mass is 14.9. The first-order chi connectivity index (χ1) is 4.98. The van der Waals surface area contributed by atoms with Gasteiger partial charge in [0.1, 0.15) is 0 Å². The first-order valence-electron chi connectivity index (χ1n) is 4.56. The second kappa shape index (κ2) is 4.73. The summed E-state index contributed by atoms with van der Waals surface area (Å²) in [6.07, 6.45) is 4.96. The lowest BCUT2D eigenvalue weighted by atomic mass is 9.92. The number of nitrogens with two attached hydrogens (primary N) is 2. The molecule has 0 spiro atoms. The summed E-state index contributed by atoms with van der Waals surface area (Å²) in [5.74, 6) is 0.425. The highest BCUT2D eigenvalue weighted by Gasteiger charge is 2.19. The molecule has 0 heterocycles. The van der Waals surface area contributed by atoms with Gasteiger partial charge in [0.25, 0.3) is 0 Å². The summed E-state index contributed by atoms with van der Waals surface area (Å²) in [4.78, 5) is 0. The Morgan fingerprint density at radius 1 is 1.27 bits per heavy atom. The number of rotatable bonds is 5. The third-order valence-electron chi connectivity index (χ3n) is 2.30. The summed E-state index contributed by atoms with van der Waals surface area (Å²) < 4.78 is 0. The standard InChI is InChI=1S/C9H22N2/c1-4-5-6-7-8(2)9(3,10)11/h8H,4-7,10-11H2,1-3H3. The molecule has 0 aliphatic heterocycles. The van der Waals surface area contributed by atoms with Gasteiger partial charge in [-0.15, -0.1) is 0 Å². The summed E-state index contributed by atoms with van der Waals surface area (Å²) in [7, 11) is 0. The maximum absolute atomic E-state index is 5.74. The van der Waals surface area contributed by atoms with E-state index in [2.05, 4.69) is 13.8 Å². The van der Waals surface area contributed by atoms with E-state index < -0.39 is 5.66 Å². The van der Waals surface area contributed by atoms with Crippen molar-refractivity contribution in [2.24, 2.45) is 17.4 Å². The molecule has 1 unspecified atom stereocenters. The maximum Gasteiger partial charge on any atom is 0.0633 e. The summed E-state index contributed by atoms with van der Waals surface area (Å²) in [6.45, 7) is 6.22. The second-order valence-electron chi connectivity index (χ2n) is 3.76. The van der Waals surface area contributed by atoms with Crippen molar-refractivity contribution in [2.75, 3.05) is 0 Å². The Morgan fingerprint density at radius 3 is 2.18 bits per heavy atom. The summed E-state index contributed by atoms with van der Waals surface area (Å²) in [5, 5.41) is 0. The second-order valence-corrected chi connectivity index (χ2v) is 3.76. The quantitative estimate of drug-likeness (QED) is 0.474. The summed E-state index contributed by atoms with van der Waals surface area (Å²) >= 11 is 0. The van der Waals surface area contributed by atoms with Crippen molar-refractivity contribution in [3.8, 4) is 0 Å². The van der Waals surface area contributed by atoms with Gasteiger partial charge >= 0.3 is 0 Å². The lowest BCUT2D eigenvalue weighted by molar-refractivity contribution is 0.301. The lowest BCUT2D eigenvalue weighted by Gasteiger charge is -2.26. The molecule has 4 N–H and O–H groups in total. The lowest BCUT2D eigenvalue weighted by Crippen LogP contribution is -2.51. The molecule has 0 saturated heterocycles. The van der Waals surface area contributed by atoms with Gasteiger partial charge in [-0.3, -0.25) is 0 Å². The molecule has 0 bridgehead atoms. The molecule has 0 rings (SSSR count). The minimum atomic E-state index is -0.492. The van der Waals surface area contributed by atoms with Crippen LogP contribution < -0.4 is 11.5 Å². The minimum Gasteiger partial charge on any atom is -0.314 e. The molecule has 0 fully saturated rings. The summed E-state index contributed by atoms with van der Waals surface area (Å²) in [6, 6.07) is 0. The SMILES string of the molecule is CCCCCC(C)C(C)(N)N. The van der Waals surface area contributed by atoms with E-state index in [-0.39, 0.29) is 0 Å². The van der Waals surface area contributed by atoms with E-state index in [4.69, 9.17) is 11.5 Å². The molecule has 0 aromatic rings. The fourth-order valence-electron chi connectivity index (χ4n) is 1.01. The highest BCUT2D eigenvalue weighted by Crippen LogP contribution is 2.15. The minimum absolute atomic E-state index is 0.425. The van der Waals surface area contributed by atoms with Crippen LogP contribution in [0.3, 0.4) is 0 Å². The van der Waals surface area contributed by atoms with Crippen LogP contribution in [-0.4, -0.2) is 5.66 Å². The van der Waals surface area contributed by atoms with E-state index in [1.165, 1.54) is 19.3 Å². The molecule has 0 radical (unpaired) electrons. The molecule has 1 atom stereocenters. The Kier molecular flexibility index (Phi) is 4.69. The first-order valence-corrected chi connectivity index (χ1v) is 4.56. The van der Waals surface area contributed by atoms with Crippen molar-refractivity contribution in [2.45, 2.75) is 52.1 Å². The third kappa shape index (κ3) is 5.22. The third-order valence-corrected chi connectivity index (χ3v) is 2.30. The number of unbranched alkanes of at least 4 members (excludes halogenated alkanes) is 2. The van der Waals surface area contributed by atoms with Crippen LogP contribution in [0.5, 0.6) is 0 Å². The van der Waals surface area contributed by atoms with E-state index in [0.717, 1.165) is 6.42 Å². The van der Waals surface area contributed by atoms with Crippen LogP contribution in [0.15, 0.2) is 0 Å². The predicted molar refractivity (Wildman–Crippen MR) is 50.1 cm³/mol. The van der Waals surface area contributed by atoms with Crippen molar-refractivity contribution in [1.82, 2.24) is 0 Å². The van der Waals surface area contributed by atoms with Gasteiger partial charge in [0.2, 0.25) is 0 Å². The molecule has 0 aliphatic rings. The average molecular weight is 158 g/mol. The zero-order valence-electron chi connectivity index (χ0n) is 8.06. The van der Waals surface area contributed by atoms with E-state index >= 15 is 0 Å². The summed E-state index contributed by atoms with van der Waals surface area (Å²) in [5.41, 5.74) is 11.0. The van der Waals surface area contributed by atoms with Gasteiger partial charge in [0.15, 0.2) is 0 Å². The zero-order chi connectivity index (χ0) is 8.91. The van der Waals surface area contributed by atoms with Crippen molar-refractivity contribution in [1.29, 1.82) is 0 Å². The molecule has 0 aromatic heterocycles. The van der Waals surface area contributed by atoms with Crippen molar-refractivity contribution in [3.05, 3.63) is 0 Å². The Morgan fingerprint density at radius 2 is 1.82 bits per heavy atom. The number of hydrogen-bond acceptors (Lipinski definition) is 2. The van der Waals surface area contributed by atoms with E-state index in [9.17, 15) is 0 Å². The van der Waals surface area contributed by atoms with E-state index in [0.29, 0.717) is 5.92 Å². The fourth-order valence-corrected chi connectivity index (χ4v) is 1.01. The molecule has 0 aromatic carbocycles. The molecule has 2 nitrogen and oxygen atoms in total. The molecule has 2 heteroatoms. The van der Waals surface area contributed by atoms with E-state index in [1.54, 1.807) is 0 Å². The maximum atomic E-state index is 5.74. The zero-order valence-corrected chi connectivity index (χ0v) is 8.06. The van der Waals surface area contributed by atoms with Crippen LogP contribution in [0.25, 0.3) is 0 Å². The molecule has 0 aliphatic carbocycles. The van der Waals surface area contributed by atoms with E-state index in [1.807, 2.05) is 6.92 Å². The predicted octanol–water partition coefficient (Wildman–Crippen LogP) is 1.84. The largest absolute Gasteiger partial charge is 0.314 e. The van der Waals surface area contributed by atoms with Crippen molar-refractivity contribution >= 4 is 0 Å². The van der Waals surface area contributed by atoms with Crippen LogP contribution >= 0.6 is 0 Å². The Labute approximate surface area is 70.3 Å². The van der Waals surface area contributed by atoms with Gasteiger partial charge in [0.05, 0.1) is 5.66 Å². The number of hydrogen-bond donors (Lipinski definition) is 2. The van der Waals surface area contributed by atoms with Crippen LogP contribution in [0.2, 0.25) is 0 Å². The molecular formula is C9H22N2. The Hall–Kier alpha value is -0.0800. The normalized spacial score (nSPS) is 15.0. The van der Waals surface area contributed by atoms with Gasteiger partial charge in [-0.1, -0.05) is 33.1 Å². The van der Waals surface area contributed by atoms with Crippen LogP contribution in [0, 0.1) is 5.92 Å². The first kappa shape index (κ1) is 10.9. The van der Waals surface area contributed by atoms with Crippen molar-refractivity contribution < 1.29 is 0 Å². The van der Waals surface area contributed by atoms with Crippen LogP contribution in [-0.2, 0) is 0 Å². The van der Waals surface area contributed by atoms with Gasteiger partial charge in [0, 0.05) is 0 Å². The van der Waals surface area contributed by atoms with Gasteiger partial charge in [-0.2, -0.15) is 0 Å². The van der Waals surface area contributed by atoms with Gasteiger partial charge in [-0.05, 0) is 19.3 Å². The van der Waals surface area contributed by atoms with Crippen LogP contribution in [0.1, 0.15) is 46.5 Å². The Bertz CT molecular complexity index is 94.2. The van der Waals surface area contributed by atoms with Gasteiger partial charge in [-0.25, -0.2) is 0 Å². The monoisotopic (exact) mass is 158 g/mol. The van der Waals surface area contributed by atoms with Crippen molar-refractivity contribution in [3.63, 3.8) is 0 Å².